The van der Waals surface area contributed by atoms with Crippen molar-refractivity contribution < 1.29 is 0 Å². The van der Waals surface area contributed by atoms with E-state index in [0.717, 1.165) is 39.3 Å². The third-order valence-electron chi connectivity index (χ3n) is 5.80. The molecule has 0 unspecified atom stereocenters. The molecule has 1 aliphatic carbocycles. The highest BCUT2D eigenvalue weighted by Gasteiger charge is 2.17. The number of fused-ring (bicyclic) bond motifs is 1. The third-order valence-corrected chi connectivity index (χ3v) is 6.17. The van der Waals surface area contributed by atoms with Crippen molar-refractivity contribution in [2.24, 2.45) is 0 Å². The number of aromatic nitrogens is 4. The smallest absolute Gasteiger partial charge is 0.180 e. The van der Waals surface area contributed by atoms with Crippen LogP contribution < -0.4 is 10.6 Å². The summed E-state index contributed by atoms with van der Waals surface area (Å²) in [6.07, 6.45) is 11.9. The van der Waals surface area contributed by atoms with Gasteiger partial charge in [0, 0.05) is 30.0 Å². The minimum atomic E-state index is 0.475. The molecule has 31 heavy (non-hydrogen) atoms. The second kappa shape index (κ2) is 8.94. The molecule has 7 heteroatoms. The summed E-state index contributed by atoms with van der Waals surface area (Å²) < 4.78 is 2.05. The number of hydrogen-bond donors (Lipinski definition) is 2. The minimum absolute atomic E-state index is 0.475. The first-order valence-corrected chi connectivity index (χ1v) is 11.2. The summed E-state index contributed by atoms with van der Waals surface area (Å²) in [5.74, 6) is 1.63. The maximum atomic E-state index is 6.27. The Bertz CT molecular complexity index is 1180. The zero-order valence-corrected chi connectivity index (χ0v) is 18.0. The molecule has 0 spiro atoms. The Kier molecular flexibility index (Phi) is 5.71. The van der Waals surface area contributed by atoms with Gasteiger partial charge in [0.05, 0.1) is 17.6 Å². The Morgan fingerprint density at radius 1 is 1.00 bits per heavy atom. The molecule has 0 amide bonds. The van der Waals surface area contributed by atoms with Gasteiger partial charge in [0.25, 0.3) is 0 Å². The average Bonchev–Trinajstić information content (AvgIpc) is 3.25. The first kappa shape index (κ1) is 19.8. The Hall–Kier alpha value is -3.12. The molecule has 1 aliphatic rings. The minimum Gasteiger partial charge on any atom is -0.366 e. The van der Waals surface area contributed by atoms with Crippen molar-refractivity contribution >= 4 is 28.9 Å². The molecule has 3 aromatic heterocycles. The molecule has 0 radical (unpaired) electrons. The van der Waals surface area contributed by atoms with Gasteiger partial charge in [-0.1, -0.05) is 55.1 Å². The number of benzene rings is 1. The quantitative estimate of drug-likeness (QED) is 0.403. The molecule has 1 aromatic carbocycles. The van der Waals surface area contributed by atoms with E-state index in [0.29, 0.717) is 12.6 Å². The Labute approximate surface area is 186 Å². The lowest BCUT2D eigenvalue weighted by Gasteiger charge is -2.23. The Balaban J connectivity index is 1.39. The molecule has 0 atom stereocenters. The molecular weight excluding hydrogens is 408 g/mol. The predicted molar refractivity (Wildman–Crippen MR) is 125 cm³/mol. The fourth-order valence-electron chi connectivity index (χ4n) is 4.15. The van der Waals surface area contributed by atoms with E-state index in [2.05, 4.69) is 25.0 Å². The molecule has 1 saturated carbocycles. The van der Waals surface area contributed by atoms with E-state index < -0.39 is 0 Å². The first-order valence-electron chi connectivity index (χ1n) is 10.8. The van der Waals surface area contributed by atoms with Gasteiger partial charge in [-0.15, -0.1) is 0 Å². The van der Waals surface area contributed by atoms with Crippen LogP contribution in [-0.2, 0) is 6.54 Å². The summed E-state index contributed by atoms with van der Waals surface area (Å²) in [6.45, 7) is 0.614. The van der Waals surface area contributed by atoms with Crippen LogP contribution in [0.25, 0.3) is 17.0 Å². The number of rotatable bonds is 6. The van der Waals surface area contributed by atoms with Gasteiger partial charge in [0.15, 0.2) is 11.5 Å². The van der Waals surface area contributed by atoms with Crippen molar-refractivity contribution in [1.29, 1.82) is 0 Å². The van der Waals surface area contributed by atoms with Gasteiger partial charge in [-0.25, -0.2) is 15.0 Å². The van der Waals surface area contributed by atoms with Gasteiger partial charge in [-0.3, -0.25) is 4.40 Å². The number of nitrogens with zero attached hydrogens (tertiary/aromatic N) is 4. The average molecular weight is 433 g/mol. The normalized spacial score (nSPS) is 14.6. The highest BCUT2D eigenvalue weighted by atomic mass is 35.5. The second-order valence-electron chi connectivity index (χ2n) is 7.95. The van der Waals surface area contributed by atoms with E-state index in [1.807, 2.05) is 61.1 Å². The Morgan fingerprint density at radius 3 is 2.74 bits per heavy atom. The van der Waals surface area contributed by atoms with Gasteiger partial charge < -0.3 is 10.6 Å². The van der Waals surface area contributed by atoms with E-state index >= 15 is 0 Å². The molecule has 6 nitrogen and oxygen atoms in total. The van der Waals surface area contributed by atoms with E-state index in [9.17, 15) is 0 Å². The number of hydrogen-bond acceptors (Lipinski definition) is 5. The molecule has 0 aliphatic heterocycles. The molecule has 3 heterocycles. The lowest BCUT2D eigenvalue weighted by molar-refractivity contribution is 0.462. The SMILES string of the molecule is Clc1ccccc1CNc1cccc(-c2cnc3c(NC4CCCCC4)nccn23)n1. The van der Waals surface area contributed by atoms with Crippen LogP contribution in [0, 0.1) is 0 Å². The predicted octanol–water partition coefficient (Wildman–Crippen LogP) is 5.80. The number of nitrogens with one attached hydrogen (secondary N) is 2. The highest BCUT2D eigenvalue weighted by molar-refractivity contribution is 6.31. The van der Waals surface area contributed by atoms with Gasteiger partial charge in [0.2, 0.25) is 0 Å². The van der Waals surface area contributed by atoms with Crippen LogP contribution >= 0.6 is 11.6 Å². The van der Waals surface area contributed by atoms with Crippen LogP contribution in [0.1, 0.15) is 37.7 Å². The van der Waals surface area contributed by atoms with Crippen molar-refractivity contribution in [2.45, 2.75) is 44.7 Å². The summed E-state index contributed by atoms with van der Waals surface area (Å²) in [7, 11) is 0. The number of anilines is 2. The van der Waals surface area contributed by atoms with Crippen molar-refractivity contribution in [3.8, 4) is 11.4 Å². The number of pyridine rings is 1. The maximum Gasteiger partial charge on any atom is 0.180 e. The van der Waals surface area contributed by atoms with Gasteiger partial charge in [0.1, 0.15) is 5.82 Å². The zero-order valence-electron chi connectivity index (χ0n) is 17.3. The second-order valence-corrected chi connectivity index (χ2v) is 8.35. The molecular formula is C24H25ClN6. The molecule has 158 valence electrons. The van der Waals surface area contributed by atoms with E-state index in [1.165, 1.54) is 32.1 Å². The van der Waals surface area contributed by atoms with Gasteiger partial charge >= 0.3 is 0 Å². The summed E-state index contributed by atoms with van der Waals surface area (Å²) in [5, 5.41) is 7.72. The summed E-state index contributed by atoms with van der Waals surface area (Å²) in [5.41, 5.74) is 3.66. The highest BCUT2D eigenvalue weighted by Crippen LogP contribution is 2.26. The van der Waals surface area contributed by atoms with Crippen molar-refractivity contribution in [2.75, 3.05) is 10.6 Å². The standard InChI is InChI=1S/C24H25ClN6/c25-19-10-5-4-7-17(19)15-27-22-12-6-11-20(30-22)21-16-28-24-23(26-13-14-31(21)24)29-18-8-2-1-3-9-18/h4-7,10-14,16,18H,1-3,8-9,15H2,(H,26,29)(H,27,30). The van der Waals surface area contributed by atoms with Crippen LogP contribution in [0.3, 0.4) is 0 Å². The van der Waals surface area contributed by atoms with Crippen molar-refractivity contribution in [3.05, 3.63) is 71.6 Å². The van der Waals surface area contributed by atoms with E-state index in [1.54, 1.807) is 0 Å². The molecule has 0 bridgehead atoms. The lowest BCUT2D eigenvalue weighted by Crippen LogP contribution is -2.23. The number of halogens is 1. The number of imidazole rings is 1. The summed E-state index contributed by atoms with van der Waals surface area (Å²) in [6, 6.07) is 14.3. The van der Waals surface area contributed by atoms with E-state index in [4.69, 9.17) is 16.6 Å². The fraction of sp³-hybridized carbons (Fsp3) is 0.292. The van der Waals surface area contributed by atoms with Crippen LogP contribution in [0.4, 0.5) is 11.6 Å². The maximum absolute atomic E-state index is 6.27. The molecule has 2 N–H and O–H groups in total. The Morgan fingerprint density at radius 2 is 1.87 bits per heavy atom. The molecule has 4 aromatic rings. The molecule has 0 saturated heterocycles. The lowest BCUT2D eigenvalue weighted by atomic mass is 9.95. The molecule has 5 rings (SSSR count). The van der Waals surface area contributed by atoms with Gasteiger partial charge in [-0.05, 0) is 36.6 Å². The monoisotopic (exact) mass is 432 g/mol. The largest absolute Gasteiger partial charge is 0.366 e. The van der Waals surface area contributed by atoms with Crippen LogP contribution in [0.5, 0.6) is 0 Å². The van der Waals surface area contributed by atoms with Crippen LogP contribution in [-0.4, -0.2) is 25.4 Å². The van der Waals surface area contributed by atoms with E-state index in [-0.39, 0.29) is 0 Å². The van der Waals surface area contributed by atoms with Crippen LogP contribution in [0.15, 0.2) is 61.1 Å². The first-order chi connectivity index (χ1) is 15.3. The molecule has 1 fully saturated rings. The van der Waals surface area contributed by atoms with Crippen LogP contribution in [0.2, 0.25) is 5.02 Å². The fourth-order valence-corrected chi connectivity index (χ4v) is 4.36. The van der Waals surface area contributed by atoms with Crippen molar-refractivity contribution in [3.63, 3.8) is 0 Å². The zero-order chi connectivity index (χ0) is 21.0. The summed E-state index contributed by atoms with van der Waals surface area (Å²) >= 11 is 6.27. The van der Waals surface area contributed by atoms with Crippen molar-refractivity contribution in [1.82, 2.24) is 19.4 Å². The van der Waals surface area contributed by atoms with Gasteiger partial charge in [-0.2, -0.15) is 0 Å². The topological polar surface area (TPSA) is 67.1 Å². The summed E-state index contributed by atoms with van der Waals surface area (Å²) in [4.78, 5) is 14.0. The third kappa shape index (κ3) is 4.35.